The lowest BCUT2D eigenvalue weighted by Gasteiger charge is -2.25. The van der Waals surface area contributed by atoms with Crippen molar-refractivity contribution in [3.8, 4) is 0 Å². The van der Waals surface area contributed by atoms with Gasteiger partial charge in [0.1, 0.15) is 0 Å². The lowest BCUT2D eigenvalue weighted by atomic mass is 9.88. The summed E-state index contributed by atoms with van der Waals surface area (Å²) in [5, 5.41) is 0.977. The number of hydrogen-bond acceptors (Lipinski definition) is 4. The van der Waals surface area contributed by atoms with Crippen LogP contribution in [-0.2, 0) is 11.3 Å². The van der Waals surface area contributed by atoms with Crippen LogP contribution in [0.5, 0.6) is 0 Å². The zero-order chi connectivity index (χ0) is 21.3. The molecule has 30 heavy (non-hydrogen) atoms. The Morgan fingerprint density at radius 3 is 2.63 bits per heavy atom. The molecule has 2 aromatic heterocycles. The van der Waals surface area contributed by atoms with Gasteiger partial charge in [-0.3, -0.25) is 14.6 Å². The van der Waals surface area contributed by atoms with Crippen LogP contribution in [0, 0.1) is 6.92 Å². The number of benzene rings is 1. The molecule has 0 spiro atoms. The first-order valence-electron chi connectivity index (χ1n) is 10.5. The van der Waals surface area contributed by atoms with Gasteiger partial charge in [0.15, 0.2) is 0 Å². The number of fused-ring (bicyclic) bond motifs is 1. The van der Waals surface area contributed by atoms with E-state index >= 15 is 0 Å². The molecular formula is C24H27N3O3. The highest BCUT2D eigenvalue weighted by molar-refractivity contribution is 6.07. The van der Waals surface area contributed by atoms with Crippen molar-refractivity contribution < 1.29 is 9.53 Å². The molecule has 1 aromatic carbocycles. The quantitative estimate of drug-likeness (QED) is 0.660. The molecule has 0 aliphatic carbocycles. The number of aryl methyl sites for hydroxylation is 2. The van der Waals surface area contributed by atoms with Crippen LogP contribution < -0.4 is 10.5 Å². The molecule has 0 bridgehead atoms. The molecule has 0 saturated carbocycles. The summed E-state index contributed by atoms with van der Waals surface area (Å²) in [7, 11) is 1.76. The van der Waals surface area contributed by atoms with Gasteiger partial charge in [0.2, 0.25) is 0 Å². The van der Waals surface area contributed by atoms with Crippen LogP contribution in [0.3, 0.4) is 0 Å². The Morgan fingerprint density at radius 1 is 1.20 bits per heavy atom. The van der Waals surface area contributed by atoms with Crippen LogP contribution in [0.2, 0.25) is 0 Å². The molecule has 1 fully saturated rings. The van der Waals surface area contributed by atoms with Gasteiger partial charge in [0, 0.05) is 49.5 Å². The van der Waals surface area contributed by atoms with Crippen molar-refractivity contribution >= 4 is 22.5 Å². The monoisotopic (exact) mass is 405 g/mol. The maximum absolute atomic E-state index is 13.2. The molecule has 1 aliphatic rings. The number of nitrogens with zero attached hydrogens (tertiary/aromatic N) is 3. The number of carbonyl (C=O) groups is 1. The Bertz CT molecular complexity index is 1130. The Labute approximate surface area is 176 Å². The SMILES string of the molecule is CCn1c(=O)cc(C2CCOCC2)c2cc(C(=O)N(C)c3ccc(C)nc3)ccc21. The summed E-state index contributed by atoms with van der Waals surface area (Å²) in [6, 6.07) is 11.2. The van der Waals surface area contributed by atoms with Crippen LogP contribution in [0.4, 0.5) is 5.69 Å². The van der Waals surface area contributed by atoms with Crippen molar-refractivity contribution in [3.63, 3.8) is 0 Å². The number of pyridine rings is 2. The second kappa shape index (κ2) is 8.40. The third-order valence-electron chi connectivity index (χ3n) is 5.96. The molecule has 6 heteroatoms. The average molecular weight is 405 g/mol. The summed E-state index contributed by atoms with van der Waals surface area (Å²) in [4.78, 5) is 31.8. The number of hydrogen-bond donors (Lipinski definition) is 0. The van der Waals surface area contributed by atoms with Crippen molar-refractivity contribution in [3.05, 3.63) is 69.8 Å². The normalized spacial score (nSPS) is 14.8. The van der Waals surface area contributed by atoms with Crippen LogP contribution in [0.25, 0.3) is 10.9 Å². The number of anilines is 1. The Hall–Kier alpha value is -2.99. The lowest BCUT2D eigenvalue weighted by Crippen LogP contribution is -2.27. The number of aromatic nitrogens is 2. The fourth-order valence-electron chi connectivity index (χ4n) is 4.18. The predicted molar refractivity (Wildman–Crippen MR) is 118 cm³/mol. The molecule has 1 saturated heterocycles. The Kier molecular flexibility index (Phi) is 5.68. The van der Waals surface area contributed by atoms with Crippen molar-refractivity contribution in [2.75, 3.05) is 25.2 Å². The smallest absolute Gasteiger partial charge is 0.258 e. The molecule has 156 valence electrons. The highest BCUT2D eigenvalue weighted by Crippen LogP contribution is 2.32. The standard InChI is InChI=1S/C24H27N3O3/c1-4-27-22-8-6-18(24(29)26(3)19-7-5-16(2)25-15-19)13-21(22)20(14-23(27)28)17-9-11-30-12-10-17/h5-8,13-15,17H,4,9-12H2,1-3H3. The van der Waals surface area contributed by atoms with Gasteiger partial charge >= 0.3 is 0 Å². The molecule has 4 rings (SSSR count). The van der Waals surface area contributed by atoms with Crippen LogP contribution in [0.15, 0.2) is 47.4 Å². The molecular weight excluding hydrogens is 378 g/mol. The van der Waals surface area contributed by atoms with E-state index in [9.17, 15) is 9.59 Å². The molecule has 6 nitrogen and oxygen atoms in total. The summed E-state index contributed by atoms with van der Waals surface area (Å²) >= 11 is 0. The third kappa shape index (κ3) is 3.75. The maximum Gasteiger partial charge on any atom is 0.258 e. The van der Waals surface area contributed by atoms with Gasteiger partial charge in [0.05, 0.1) is 17.4 Å². The van der Waals surface area contributed by atoms with E-state index in [2.05, 4.69) is 4.98 Å². The van der Waals surface area contributed by atoms with E-state index in [1.54, 1.807) is 28.8 Å². The number of amides is 1. The van der Waals surface area contributed by atoms with Gasteiger partial charge in [-0.2, -0.15) is 0 Å². The number of carbonyl (C=O) groups excluding carboxylic acids is 1. The topological polar surface area (TPSA) is 64.4 Å². The summed E-state index contributed by atoms with van der Waals surface area (Å²) in [6.45, 7) is 5.87. The fourth-order valence-corrected chi connectivity index (χ4v) is 4.18. The minimum Gasteiger partial charge on any atom is -0.381 e. The molecule has 0 radical (unpaired) electrons. The van der Waals surface area contributed by atoms with Gasteiger partial charge in [-0.25, -0.2) is 0 Å². The minimum absolute atomic E-state index is 0.00779. The number of rotatable bonds is 4. The summed E-state index contributed by atoms with van der Waals surface area (Å²) in [6.07, 6.45) is 3.48. The summed E-state index contributed by atoms with van der Waals surface area (Å²) in [5.74, 6) is 0.166. The van der Waals surface area contributed by atoms with Crippen molar-refractivity contribution in [1.82, 2.24) is 9.55 Å². The highest BCUT2D eigenvalue weighted by Gasteiger charge is 2.22. The fraction of sp³-hybridized carbons (Fsp3) is 0.375. The first kappa shape index (κ1) is 20.3. The molecule has 0 atom stereocenters. The first-order valence-corrected chi connectivity index (χ1v) is 10.5. The average Bonchev–Trinajstić information content (AvgIpc) is 2.78. The Balaban J connectivity index is 1.80. The number of ether oxygens (including phenoxy) is 1. The summed E-state index contributed by atoms with van der Waals surface area (Å²) in [5.41, 5.74) is 4.16. The van der Waals surface area contributed by atoms with Crippen LogP contribution >= 0.6 is 0 Å². The first-order chi connectivity index (χ1) is 14.5. The van der Waals surface area contributed by atoms with E-state index in [0.717, 1.165) is 40.7 Å². The highest BCUT2D eigenvalue weighted by atomic mass is 16.5. The zero-order valence-corrected chi connectivity index (χ0v) is 17.7. The summed E-state index contributed by atoms with van der Waals surface area (Å²) < 4.78 is 7.27. The second-order valence-corrected chi connectivity index (χ2v) is 7.82. The second-order valence-electron chi connectivity index (χ2n) is 7.82. The molecule has 3 aromatic rings. The van der Waals surface area contributed by atoms with E-state index in [4.69, 9.17) is 4.74 Å². The van der Waals surface area contributed by atoms with Crippen LogP contribution in [0.1, 0.15) is 47.3 Å². The van der Waals surface area contributed by atoms with E-state index in [1.165, 1.54) is 0 Å². The third-order valence-corrected chi connectivity index (χ3v) is 5.96. The lowest BCUT2D eigenvalue weighted by molar-refractivity contribution is 0.0855. The molecule has 0 unspecified atom stereocenters. The molecule has 0 N–H and O–H groups in total. The molecule has 1 aliphatic heterocycles. The molecule has 3 heterocycles. The van der Waals surface area contributed by atoms with Crippen molar-refractivity contribution in [2.45, 2.75) is 39.2 Å². The van der Waals surface area contributed by atoms with Gasteiger partial charge < -0.3 is 14.2 Å². The van der Waals surface area contributed by atoms with Gasteiger partial charge in [-0.15, -0.1) is 0 Å². The van der Waals surface area contributed by atoms with E-state index in [1.807, 2.05) is 44.2 Å². The minimum atomic E-state index is -0.102. The van der Waals surface area contributed by atoms with Crippen molar-refractivity contribution in [2.24, 2.45) is 0 Å². The zero-order valence-electron chi connectivity index (χ0n) is 17.7. The van der Waals surface area contributed by atoms with Crippen LogP contribution in [-0.4, -0.2) is 35.7 Å². The van der Waals surface area contributed by atoms with Gasteiger partial charge in [-0.1, -0.05) is 0 Å². The molecule has 1 amide bonds. The largest absolute Gasteiger partial charge is 0.381 e. The maximum atomic E-state index is 13.2. The van der Waals surface area contributed by atoms with Gasteiger partial charge in [-0.05, 0) is 68.5 Å². The Morgan fingerprint density at radius 2 is 1.97 bits per heavy atom. The van der Waals surface area contributed by atoms with E-state index in [0.29, 0.717) is 25.3 Å². The van der Waals surface area contributed by atoms with E-state index in [-0.39, 0.29) is 17.4 Å². The predicted octanol–water partition coefficient (Wildman–Crippen LogP) is 3.90. The van der Waals surface area contributed by atoms with Gasteiger partial charge in [0.25, 0.3) is 11.5 Å². The van der Waals surface area contributed by atoms with Crippen molar-refractivity contribution in [1.29, 1.82) is 0 Å². The van der Waals surface area contributed by atoms with E-state index < -0.39 is 0 Å².